The average Bonchev–Trinajstić information content (AvgIpc) is 3.22. The fourth-order valence-corrected chi connectivity index (χ4v) is 3.62. The standard InChI is InChI=1S/C24H33N3O3.HI/c1-19-7-6-9-22(15-19)30-23-10-5-4-8-21(23)16-26-24(25-2)27-12-11-20(17-27)18-29-14-13-28-3;/h4-10,15,20H,11-14,16-18H2,1-3H3,(H,25,26);1H. The molecule has 7 heteroatoms. The fraction of sp³-hybridized carbons (Fsp3) is 0.458. The molecular formula is C24H34IN3O3. The lowest BCUT2D eigenvalue weighted by Gasteiger charge is -2.22. The number of likely N-dealkylation sites (tertiary alicyclic amines) is 1. The van der Waals surface area contributed by atoms with Crippen LogP contribution in [0.3, 0.4) is 0 Å². The van der Waals surface area contributed by atoms with E-state index in [4.69, 9.17) is 14.2 Å². The van der Waals surface area contributed by atoms with Crippen molar-refractivity contribution in [3.8, 4) is 11.5 Å². The third-order valence-electron chi connectivity index (χ3n) is 5.21. The van der Waals surface area contributed by atoms with Gasteiger partial charge in [0.25, 0.3) is 0 Å². The highest BCUT2D eigenvalue weighted by Crippen LogP contribution is 2.26. The highest BCUT2D eigenvalue weighted by molar-refractivity contribution is 14.0. The minimum atomic E-state index is 0. The Labute approximate surface area is 203 Å². The van der Waals surface area contributed by atoms with E-state index >= 15 is 0 Å². The molecule has 1 saturated heterocycles. The first kappa shape index (κ1) is 25.4. The van der Waals surface area contributed by atoms with Crippen LogP contribution < -0.4 is 10.1 Å². The van der Waals surface area contributed by atoms with E-state index in [-0.39, 0.29) is 24.0 Å². The molecule has 1 fully saturated rings. The predicted octanol–water partition coefficient (Wildman–Crippen LogP) is 4.47. The maximum Gasteiger partial charge on any atom is 0.193 e. The van der Waals surface area contributed by atoms with Crippen molar-refractivity contribution in [2.24, 2.45) is 10.9 Å². The van der Waals surface area contributed by atoms with Crippen LogP contribution in [0.4, 0.5) is 0 Å². The van der Waals surface area contributed by atoms with Gasteiger partial charge in [-0.1, -0.05) is 30.3 Å². The van der Waals surface area contributed by atoms with Gasteiger partial charge in [0, 0.05) is 45.3 Å². The highest BCUT2D eigenvalue weighted by Gasteiger charge is 2.25. The van der Waals surface area contributed by atoms with Crippen LogP contribution in [0.5, 0.6) is 11.5 Å². The number of nitrogens with one attached hydrogen (secondary N) is 1. The summed E-state index contributed by atoms with van der Waals surface area (Å²) in [6.07, 6.45) is 1.11. The van der Waals surface area contributed by atoms with Crippen molar-refractivity contribution >= 4 is 29.9 Å². The maximum atomic E-state index is 6.14. The van der Waals surface area contributed by atoms with E-state index in [0.29, 0.717) is 25.7 Å². The second kappa shape index (κ2) is 13.5. The zero-order valence-electron chi connectivity index (χ0n) is 18.7. The Bertz CT molecular complexity index is 831. The molecule has 1 unspecified atom stereocenters. The number of methoxy groups -OCH3 is 1. The van der Waals surface area contributed by atoms with Gasteiger partial charge in [-0.3, -0.25) is 4.99 Å². The zero-order chi connectivity index (χ0) is 21.2. The summed E-state index contributed by atoms with van der Waals surface area (Å²) in [5.74, 6) is 3.15. The van der Waals surface area contributed by atoms with Gasteiger partial charge >= 0.3 is 0 Å². The van der Waals surface area contributed by atoms with E-state index in [2.05, 4.69) is 34.3 Å². The molecule has 6 nitrogen and oxygen atoms in total. The molecule has 1 atom stereocenters. The molecule has 1 aliphatic heterocycles. The number of halogens is 1. The van der Waals surface area contributed by atoms with Crippen molar-refractivity contribution in [2.75, 3.05) is 47.1 Å². The van der Waals surface area contributed by atoms with Gasteiger partial charge in [0.2, 0.25) is 0 Å². The molecule has 2 aromatic rings. The zero-order valence-corrected chi connectivity index (χ0v) is 21.0. The van der Waals surface area contributed by atoms with Crippen LogP contribution in [0.15, 0.2) is 53.5 Å². The van der Waals surface area contributed by atoms with Crippen LogP contribution in [-0.2, 0) is 16.0 Å². The monoisotopic (exact) mass is 539 g/mol. The van der Waals surface area contributed by atoms with Gasteiger partial charge in [0.15, 0.2) is 5.96 Å². The number of para-hydroxylation sites is 1. The average molecular weight is 539 g/mol. The van der Waals surface area contributed by atoms with Gasteiger partial charge in [0.1, 0.15) is 11.5 Å². The van der Waals surface area contributed by atoms with Gasteiger partial charge in [-0.05, 0) is 37.1 Å². The SMILES string of the molecule is CN=C(NCc1ccccc1Oc1cccc(C)c1)N1CCC(COCCOC)C1.I. The van der Waals surface area contributed by atoms with Crippen molar-refractivity contribution in [3.05, 3.63) is 59.7 Å². The number of aryl methyl sites for hydroxylation is 1. The molecule has 170 valence electrons. The van der Waals surface area contributed by atoms with Crippen LogP contribution in [0.2, 0.25) is 0 Å². The largest absolute Gasteiger partial charge is 0.457 e. The van der Waals surface area contributed by atoms with Crippen LogP contribution >= 0.6 is 24.0 Å². The number of guanidine groups is 1. The Morgan fingerprint density at radius 2 is 2.00 bits per heavy atom. The number of hydrogen-bond acceptors (Lipinski definition) is 4. The van der Waals surface area contributed by atoms with E-state index in [1.165, 1.54) is 5.56 Å². The summed E-state index contributed by atoms with van der Waals surface area (Å²) in [5, 5.41) is 3.50. The molecule has 2 aromatic carbocycles. The molecule has 1 aliphatic rings. The molecular weight excluding hydrogens is 505 g/mol. The van der Waals surface area contributed by atoms with Crippen molar-refractivity contribution in [3.63, 3.8) is 0 Å². The van der Waals surface area contributed by atoms with E-state index in [9.17, 15) is 0 Å². The Morgan fingerprint density at radius 1 is 1.16 bits per heavy atom. The van der Waals surface area contributed by atoms with Crippen molar-refractivity contribution in [1.29, 1.82) is 0 Å². The summed E-state index contributed by atoms with van der Waals surface area (Å²) in [5.41, 5.74) is 2.28. The molecule has 0 radical (unpaired) electrons. The number of benzene rings is 2. The summed E-state index contributed by atoms with van der Waals surface area (Å²) in [6.45, 7) is 6.72. The summed E-state index contributed by atoms with van der Waals surface area (Å²) in [4.78, 5) is 6.78. The fourth-order valence-electron chi connectivity index (χ4n) is 3.62. The molecule has 0 spiro atoms. The smallest absolute Gasteiger partial charge is 0.193 e. The first-order valence-electron chi connectivity index (χ1n) is 10.5. The number of hydrogen-bond donors (Lipinski definition) is 1. The normalized spacial score (nSPS) is 16.2. The lowest BCUT2D eigenvalue weighted by atomic mass is 10.1. The van der Waals surface area contributed by atoms with E-state index in [0.717, 1.165) is 49.1 Å². The second-order valence-electron chi connectivity index (χ2n) is 7.60. The first-order chi connectivity index (χ1) is 14.7. The van der Waals surface area contributed by atoms with Gasteiger partial charge in [0.05, 0.1) is 19.8 Å². The third-order valence-corrected chi connectivity index (χ3v) is 5.21. The number of nitrogens with zero attached hydrogens (tertiary/aromatic N) is 2. The van der Waals surface area contributed by atoms with Gasteiger partial charge in [-0.15, -0.1) is 24.0 Å². The predicted molar refractivity (Wildman–Crippen MR) is 136 cm³/mol. The Morgan fingerprint density at radius 3 is 2.77 bits per heavy atom. The number of aliphatic imine (C=N–C) groups is 1. The number of ether oxygens (including phenoxy) is 3. The van der Waals surface area contributed by atoms with Crippen LogP contribution in [0.25, 0.3) is 0 Å². The summed E-state index contributed by atoms with van der Waals surface area (Å²) >= 11 is 0. The van der Waals surface area contributed by atoms with Crippen LogP contribution in [0.1, 0.15) is 17.5 Å². The van der Waals surface area contributed by atoms with E-state index < -0.39 is 0 Å². The van der Waals surface area contributed by atoms with Gasteiger partial charge in [-0.2, -0.15) is 0 Å². The minimum absolute atomic E-state index is 0. The molecule has 3 rings (SSSR count). The topological polar surface area (TPSA) is 55.3 Å². The molecule has 31 heavy (non-hydrogen) atoms. The van der Waals surface area contributed by atoms with Crippen molar-refractivity contribution in [2.45, 2.75) is 19.9 Å². The lowest BCUT2D eigenvalue weighted by molar-refractivity contribution is 0.0536. The number of rotatable bonds is 9. The van der Waals surface area contributed by atoms with E-state index in [1.807, 2.05) is 43.4 Å². The molecule has 1 heterocycles. The van der Waals surface area contributed by atoms with Crippen molar-refractivity contribution in [1.82, 2.24) is 10.2 Å². The maximum absolute atomic E-state index is 6.14. The molecule has 0 aliphatic carbocycles. The molecule has 1 N–H and O–H groups in total. The molecule has 0 aromatic heterocycles. The molecule has 0 amide bonds. The quantitative estimate of drug-likeness (QED) is 0.221. The first-order valence-corrected chi connectivity index (χ1v) is 10.5. The van der Waals surface area contributed by atoms with Gasteiger partial charge < -0.3 is 24.4 Å². The Kier molecular flexibility index (Phi) is 11.1. The minimum Gasteiger partial charge on any atom is -0.457 e. The summed E-state index contributed by atoms with van der Waals surface area (Å²) in [7, 11) is 3.53. The van der Waals surface area contributed by atoms with Crippen LogP contribution in [0, 0.1) is 12.8 Å². The second-order valence-corrected chi connectivity index (χ2v) is 7.60. The van der Waals surface area contributed by atoms with E-state index in [1.54, 1.807) is 7.11 Å². The Balaban J connectivity index is 0.00000341. The lowest BCUT2D eigenvalue weighted by Crippen LogP contribution is -2.39. The molecule has 0 saturated carbocycles. The molecule has 0 bridgehead atoms. The highest BCUT2D eigenvalue weighted by atomic mass is 127. The summed E-state index contributed by atoms with van der Waals surface area (Å²) < 4.78 is 16.9. The summed E-state index contributed by atoms with van der Waals surface area (Å²) in [6, 6.07) is 16.2. The van der Waals surface area contributed by atoms with Crippen molar-refractivity contribution < 1.29 is 14.2 Å². The van der Waals surface area contributed by atoms with Gasteiger partial charge in [-0.25, -0.2) is 0 Å². The van der Waals surface area contributed by atoms with Crippen LogP contribution in [-0.4, -0.2) is 57.9 Å². The third kappa shape index (κ3) is 7.97. The Hall–Kier alpha value is -1.84.